The van der Waals surface area contributed by atoms with E-state index in [4.69, 9.17) is 0 Å². The number of hydrogen-bond donors (Lipinski definition) is 0. The number of nitrogens with zero attached hydrogens (tertiary/aromatic N) is 2. The third-order valence-corrected chi connectivity index (χ3v) is 10.5. The summed E-state index contributed by atoms with van der Waals surface area (Å²) in [6.45, 7) is 19.8. The molecule has 0 saturated heterocycles. The van der Waals surface area contributed by atoms with Gasteiger partial charge in [-0.05, 0) is 64.0 Å². The second-order valence-corrected chi connectivity index (χ2v) is 12.7. The topological polar surface area (TPSA) is 6.48 Å². The molecular formula is C17H42N2Si2. The lowest BCUT2D eigenvalue weighted by Crippen LogP contribution is -2.40. The fourth-order valence-corrected chi connectivity index (χ4v) is 8.98. The Bertz CT molecular complexity index is 193. The van der Waals surface area contributed by atoms with Crippen molar-refractivity contribution >= 4 is 17.9 Å². The summed E-state index contributed by atoms with van der Waals surface area (Å²) in [5.41, 5.74) is 0. The van der Waals surface area contributed by atoms with Gasteiger partial charge >= 0.3 is 0 Å². The molecule has 0 aliphatic rings. The highest BCUT2D eigenvalue weighted by Crippen LogP contribution is 2.12. The minimum Gasteiger partial charge on any atom is -0.326 e. The Morgan fingerprint density at radius 1 is 0.571 bits per heavy atom. The number of hydrogen-bond acceptors (Lipinski definition) is 2. The summed E-state index contributed by atoms with van der Waals surface area (Å²) in [5.74, 6) is 0. The molecule has 0 amide bonds. The van der Waals surface area contributed by atoms with Gasteiger partial charge in [-0.2, -0.15) is 0 Å². The Hall–Kier alpha value is 0.354. The van der Waals surface area contributed by atoms with E-state index in [1.165, 1.54) is 70.4 Å². The van der Waals surface area contributed by atoms with Crippen molar-refractivity contribution in [2.75, 3.05) is 26.2 Å². The van der Waals surface area contributed by atoms with Crippen LogP contribution in [0.25, 0.3) is 0 Å². The third-order valence-electron chi connectivity index (χ3n) is 4.53. The van der Waals surface area contributed by atoms with Crippen LogP contribution in [0, 0.1) is 0 Å². The standard InChI is InChI=1S/C17H42N2Si2/c1-7-12-18(13-8-2)20(5)16-11-17-21(6)19(14-9-3)15-10-4/h20-21H,7-17H2,1-6H3. The van der Waals surface area contributed by atoms with E-state index in [0.29, 0.717) is 0 Å². The molecule has 0 heterocycles. The predicted octanol–water partition coefficient (Wildman–Crippen LogP) is 4.33. The highest BCUT2D eigenvalue weighted by atomic mass is 28.3. The Labute approximate surface area is 138 Å². The van der Waals surface area contributed by atoms with Crippen LogP contribution in [0.3, 0.4) is 0 Å². The van der Waals surface area contributed by atoms with Crippen molar-refractivity contribution in [1.29, 1.82) is 0 Å². The maximum atomic E-state index is 2.84. The second kappa shape index (κ2) is 14.0. The molecule has 0 N–H and O–H groups in total. The highest BCUT2D eigenvalue weighted by molar-refractivity contribution is 6.56. The molecule has 0 radical (unpaired) electrons. The van der Waals surface area contributed by atoms with Crippen LogP contribution in [0.4, 0.5) is 0 Å². The molecule has 2 atom stereocenters. The van der Waals surface area contributed by atoms with Crippen LogP contribution in [0.2, 0.25) is 25.2 Å². The van der Waals surface area contributed by atoms with Crippen molar-refractivity contribution in [3.63, 3.8) is 0 Å². The van der Waals surface area contributed by atoms with Gasteiger partial charge in [0.1, 0.15) is 17.9 Å². The fourth-order valence-electron chi connectivity index (χ4n) is 3.33. The summed E-state index contributed by atoms with van der Waals surface area (Å²) in [6.07, 6.45) is 6.79. The SMILES string of the molecule is CCCN(CCC)[SiH](C)CCC[SiH](C)N(CCC)CCC. The first-order valence-electron chi connectivity index (χ1n) is 9.58. The molecule has 0 fully saturated rings. The molecule has 2 nitrogen and oxygen atoms in total. The van der Waals surface area contributed by atoms with Crippen molar-refractivity contribution < 1.29 is 0 Å². The Kier molecular flexibility index (Phi) is 14.2. The van der Waals surface area contributed by atoms with Crippen LogP contribution in [0.5, 0.6) is 0 Å². The van der Waals surface area contributed by atoms with Gasteiger partial charge in [0, 0.05) is 0 Å². The van der Waals surface area contributed by atoms with Crippen molar-refractivity contribution in [2.24, 2.45) is 0 Å². The van der Waals surface area contributed by atoms with Gasteiger partial charge < -0.3 is 9.13 Å². The third kappa shape index (κ3) is 9.87. The molecule has 21 heavy (non-hydrogen) atoms. The maximum Gasteiger partial charge on any atom is 0.108 e. The molecule has 0 spiro atoms. The van der Waals surface area contributed by atoms with Crippen LogP contribution >= 0.6 is 0 Å². The molecule has 128 valence electrons. The average molecular weight is 331 g/mol. The summed E-state index contributed by atoms with van der Waals surface area (Å²) in [4.78, 5) is 0. The molecular weight excluding hydrogens is 288 g/mol. The van der Waals surface area contributed by atoms with Crippen molar-refractivity contribution in [1.82, 2.24) is 9.13 Å². The zero-order valence-corrected chi connectivity index (χ0v) is 18.1. The van der Waals surface area contributed by atoms with Crippen LogP contribution in [-0.4, -0.2) is 53.2 Å². The quantitative estimate of drug-likeness (QED) is 0.437. The van der Waals surface area contributed by atoms with Gasteiger partial charge in [-0.15, -0.1) is 0 Å². The summed E-state index contributed by atoms with van der Waals surface area (Å²) >= 11 is 0. The lowest BCUT2D eigenvalue weighted by atomic mass is 10.4. The predicted molar refractivity (Wildman–Crippen MR) is 105 cm³/mol. The first-order valence-corrected chi connectivity index (χ1v) is 14.6. The van der Waals surface area contributed by atoms with Gasteiger partial charge in [0.25, 0.3) is 0 Å². The average Bonchev–Trinajstić information content (AvgIpc) is 2.46. The Morgan fingerprint density at radius 2 is 0.857 bits per heavy atom. The van der Waals surface area contributed by atoms with E-state index < -0.39 is 17.9 Å². The van der Waals surface area contributed by atoms with Crippen LogP contribution in [0.15, 0.2) is 0 Å². The van der Waals surface area contributed by atoms with Crippen LogP contribution in [-0.2, 0) is 0 Å². The summed E-state index contributed by atoms with van der Waals surface area (Å²) < 4.78 is 5.67. The normalized spacial score (nSPS) is 14.9. The summed E-state index contributed by atoms with van der Waals surface area (Å²) in [5, 5.41) is 0. The molecule has 0 aromatic carbocycles. The minimum atomic E-state index is -0.638. The Morgan fingerprint density at radius 3 is 1.10 bits per heavy atom. The molecule has 0 bridgehead atoms. The molecule has 0 rings (SSSR count). The van der Waals surface area contributed by atoms with Gasteiger partial charge in [-0.25, -0.2) is 0 Å². The number of rotatable bonds is 14. The van der Waals surface area contributed by atoms with E-state index in [1.807, 2.05) is 0 Å². The summed E-state index contributed by atoms with van der Waals surface area (Å²) in [6, 6.07) is 3.06. The molecule has 0 aliphatic carbocycles. The van der Waals surface area contributed by atoms with E-state index in [2.05, 4.69) is 49.9 Å². The lowest BCUT2D eigenvalue weighted by Gasteiger charge is -2.30. The zero-order valence-electron chi connectivity index (χ0n) is 15.8. The molecule has 4 heteroatoms. The van der Waals surface area contributed by atoms with Gasteiger partial charge in [-0.1, -0.05) is 47.2 Å². The van der Waals surface area contributed by atoms with E-state index in [-0.39, 0.29) is 0 Å². The molecule has 2 unspecified atom stereocenters. The van der Waals surface area contributed by atoms with Crippen LogP contribution < -0.4 is 0 Å². The molecule has 0 aliphatic heterocycles. The minimum absolute atomic E-state index is 0.638. The maximum absolute atomic E-state index is 2.84. The van der Waals surface area contributed by atoms with E-state index in [9.17, 15) is 0 Å². The Balaban J connectivity index is 4.07. The van der Waals surface area contributed by atoms with Crippen molar-refractivity contribution in [2.45, 2.75) is 85.0 Å². The molecule has 0 saturated carbocycles. The smallest absolute Gasteiger partial charge is 0.108 e. The van der Waals surface area contributed by atoms with E-state index >= 15 is 0 Å². The molecule has 0 aromatic heterocycles. The van der Waals surface area contributed by atoms with Gasteiger partial charge in [-0.3, -0.25) is 0 Å². The van der Waals surface area contributed by atoms with Gasteiger partial charge in [0.2, 0.25) is 0 Å². The second-order valence-electron chi connectivity index (χ2n) is 6.70. The van der Waals surface area contributed by atoms with Crippen molar-refractivity contribution in [3.05, 3.63) is 0 Å². The zero-order chi connectivity index (χ0) is 16.1. The highest BCUT2D eigenvalue weighted by Gasteiger charge is 2.17. The fraction of sp³-hybridized carbons (Fsp3) is 1.00. The first-order chi connectivity index (χ1) is 10.1. The van der Waals surface area contributed by atoms with Crippen LogP contribution in [0.1, 0.15) is 59.8 Å². The van der Waals surface area contributed by atoms with Crippen molar-refractivity contribution in [3.8, 4) is 0 Å². The largest absolute Gasteiger partial charge is 0.326 e. The lowest BCUT2D eigenvalue weighted by molar-refractivity contribution is 0.424. The van der Waals surface area contributed by atoms with Gasteiger partial charge in [0.15, 0.2) is 0 Å². The first kappa shape index (κ1) is 21.4. The van der Waals surface area contributed by atoms with Gasteiger partial charge in [0.05, 0.1) is 0 Å². The van der Waals surface area contributed by atoms with E-state index in [0.717, 1.165) is 0 Å². The summed E-state index contributed by atoms with van der Waals surface area (Å²) in [7, 11) is -1.28. The van der Waals surface area contributed by atoms with E-state index in [1.54, 1.807) is 0 Å². The monoisotopic (exact) mass is 330 g/mol. The molecule has 0 aromatic rings.